The van der Waals surface area contributed by atoms with E-state index in [1.54, 1.807) is 37.4 Å². The topological polar surface area (TPSA) is 80.3 Å². The van der Waals surface area contributed by atoms with Gasteiger partial charge in [-0.15, -0.1) is 0 Å². The molecule has 0 aliphatic carbocycles. The second-order valence-electron chi connectivity index (χ2n) is 6.92. The van der Waals surface area contributed by atoms with Crippen molar-refractivity contribution in [3.8, 4) is 5.69 Å². The molecule has 1 aliphatic heterocycles. The zero-order valence-corrected chi connectivity index (χ0v) is 17.6. The number of hydrogen-bond donors (Lipinski definition) is 0. The maximum Gasteiger partial charge on any atom is 0.292 e. The average Bonchev–Trinajstić information content (AvgIpc) is 3.17. The SMILES string of the molecule is Cc1noc(C(C)N2CCN(c3cnn(-c4ccc(Cl)cc4)c(=O)c3Cl)CC2)n1. The van der Waals surface area contributed by atoms with Crippen molar-refractivity contribution < 1.29 is 4.52 Å². The highest BCUT2D eigenvalue weighted by atomic mass is 35.5. The maximum atomic E-state index is 12.7. The standard InChI is InChI=1S/C19H20Cl2N6O2/c1-12(18-23-13(2)24-29-18)25-7-9-26(10-8-25)16-11-22-27(19(28)17(16)21)15-5-3-14(20)4-6-15/h3-6,11-12H,7-10H2,1-2H3. The van der Waals surface area contributed by atoms with Crippen LogP contribution in [0, 0.1) is 6.92 Å². The fraction of sp³-hybridized carbons (Fsp3) is 0.368. The molecule has 4 rings (SSSR count). The molecule has 2 aromatic heterocycles. The summed E-state index contributed by atoms with van der Waals surface area (Å²) in [5.41, 5.74) is 0.896. The van der Waals surface area contributed by atoms with Gasteiger partial charge in [0.1, 0.15) is 5.02 Å². The summed E-state index contributed by atoms with van der Waals surface area (Å²) in [6.07, 6.45) is 1.64. The lowest BCUT2D eigenvalue weighted by Gasteiger charge is -2.38. The van der Waals surface area contributed by atoms with Gasteiger partial charge in [-0.05, 0) is 38.1 Å². The van der Waals surface area contributed by atoms with E-state index in [1.807, 2.05) is 6.92 Å². The number of hydrogen-bond acceptors (Lipinski definition) is 7. The molecule has 1 atom stereocenters. The fourth-order valence-corrected chi connectivity index (χ4v) is 3.77. The molecule has 0 bridgehead atoms. The van der Waals surface area contributed by atoms with E-state index in [9.17, 15) is 4.79 Å². The van der Waals surface area contributed by atoms with Crippen molar-refractivity contribution in [1.29, 1.82) is 0 Å². The van der Waals surface area contributed by atoms with E-state index in [2.05, 4.69) is 25.0 Å². The van der Waals surface area contributed by atoms with Gasteiger partial charge in [0, 0.05) is 31.2 Å². The number of aromatic nitrogens is 4. The van der Waals surface area contributed by atoms with E-state index >= 15 is 0 Å². The number of anilines is 1. The Labute approximate surface area is 177 Å². The predicted octanol–water partition coefficient (Wildman–Crippen LogP) is 3.11. The summed E-state index contributed by atoms with van der Waals surface area (Å²) in [5.74, 6) is 1.24. The van der Waals surface area contributed by atoms with Crippen LogP contribution in [-0.4, -0.2) is 51.0 Å². The van der Waals surface area contributed by atoms with Crippen LogP contribution in [0.5, 0.6) is 0 Å². The number of piperazine rings is 1. The lowest BCUT2D eigenvalue weighted by Crippen LogP contribution is -2.47. The Morgan fingerprint density at radius 1 is 1.10 bits per heavy atom. The third-order valence-corrected chi connectivity index (χ3v) is 5.68. The van der Waals surface area contributed by atoms with E-state index in [0.29, 0.717) is 41.2 Å². The molecule has 3 aromatic rings. The van der Waals surface area contributed by atoms with Gasteiger partial charge < -0.3 is 9.42 Å². The van der Waals surface area contributed by atoms with Crippen molar-refractivity contribution in [1.82, 2.24) is 24.8 Å². The molecule has 1 aromatic carbocycles. The van der Waals surface area contributed by atoms with E-state index in [1.165, 1.54) is 4.68 Å². The minimum absolute atomic E-state index is 0.0323. The molecule has 0 amide bonds. The minimum Gasteiger partial charge on any atom is -0.366 e. The van der Waals surface area contributed by atoms with Crippen molar-refractivity contribution in [2.75, 3.05) is 31.1 Å². The highest BCUT2D eigenvalue weighted by Crippen LogP contribution is 2.26. The van der Waals surface area contributed by atoms with Gasteiger partial charge in [0.05, 0.1) is 23.6 Å². The third-order valence-electron chi connectivity index (χ3n) is 5.08. The molecule has 0 spiro atoms. The first-order valence-electron chi connectivity index (χ1n) is 9.27. The number of nitrogens with zero attached hydrogens (tertiary/aromatic N) is 6. The summed E-state index contributed by atoms with van der Waals surface area (Å²) >= 11 is 12.3. The van der Waals surface area contributed by atoms with Gasteiger partial charge in [0.25, 0.3) is 5.56 Å². The molecule has 3 heterocycles. The predicted molar refractivity (Wildman–Crippen MR) is 111 cm³/mol. The van der Waals surface area contributed by atoms with Gasteiger partial charge in [-0.3, -0.25) is 9.69 Å². The average molecular weight is 435 g/mol. The molecular weight excluding hydrogens is 415 g/mol. The van der Waals surface area contributed by atoms with Crippen molar-refractivity contribution >= 4 is 28.9 Å². The lowest BCUT2D eigenvalue weighted by molar-refractivity contribution is 0.164. The van der Waals surface area contributed by atoms with Gasteiger partial charge in [-0.1, -0.05) is 28.4 Å². The zero-order valence-electron chi connectivity index (χ0n) is 16.0. The van der Waals surface area contributed by atoms with Gasteiger partial charge in [-0.25, -0.2) is 0 Å². The van der Waals surface area contributed by atoms with Crippen molar-refractivity contribution in [3.05, 3.63) is 62.6 Å². The number of aryl methyl sites for hydroxylation is 1. The Hall–Kier alpha value is -2.42. The summed E-state index contributed by atoms with van der Waals surface area (Å²) in [5, 5.41) is 8.91. The number of halogens is 2. The Kier molecular flexibility index (Phi) is 5.58. The fourth-order valence-electron chi connectivity index (χ4n) is 3.40. The second-order valence-corrected chi connectivity index (χ2v) is 7.73. The number of benzene rings is 1. The van der Waals surface area contributed by atoms with Crippen LogP contribution < -0.4 is 10.5 Å². The van der Waals surface area contributed by atoms with E-state index in [0.717, 1.165) is 13.1 Å². The van der Waals surface area contributed by atoms with E-state index in [4.69, 9.17) is 27.7 Å². The van der Waals surface area contributed by atoms with Crippen LogP contribution in [0.25, 0.3) is 5.69 Å². The summed E-state index contributed by atoms with van der Waals surface area (Å²) < 4.78 is 6.56. The molecule has 0 saturated carbocycles. The maximum absolute atomic E-state index is 12.7. The molecular formula is C19H20Cl2N6O2. The lowest BCUT2D eigenvalue weighted by atomic mass is 10.2. The summed E-state index contributed by atoms with van der Waals surface area (Å²) in [6, 6.07) is 6.90. The highest BCUT2D eigenvalue weighted by Gasteiger charge is 2.27. The summed E-state index contributed by atoms with van der Waals surface area (Å²) in [7, 11) is 0. The van der Waals surface area contributed by atoms with Crippen LogP contribution >= 0.6 is 23.2 Å². The van der Waals surface area contributed by atoms with Gasteiger partial charge in [-0.2, -0.15) is 14.8 Å². The van der Waals surface area contributed by atoms with Crippen molar-refractivity contribution in [2.24, 2.45) is 0 Å². The quantitative estimate of drug-likeness (QED) is 0.623. The van der Waals surface area contributed by atoms with Gasteiger partial charge in [0.2, 0.25) is 5.89 Å². The number of rotatable bonds is 4. The monoisotopic (exact) mass is 434 g/mol. The molecule has 29 heavy (non-hydrogen) atoms. The Balaban J connectivity index is 1.49. The van der Waals surface area contributed by atoms with Crippen LogP contribution in [-0.2, 0) is 0 Å². The van der Waals surface area contributed by atoms with Crippen LogP contribution in [0.1, 0.15) is 24.7 Å². The molecule has 10 heteroatoms. The molecule has 1 aliphatic rings. The van der Waals surface area contributed by atoms with Crippen LogP contribution in [0.2, 0.25) is 10.0 Å². The summed E-state index contributed by atoms with van der Waals surface area (Å²) in [4.78, 5) is 21.4. The first kappa shape index (κ1) is 19.9. The summed E-state index contributed by atoms with van der Waals surface area (Å²) in [6.45, 7) is 6.83. The van der Waals surface area contributed by atoms with Gasteiger partial charge in [0.15, 0.2) is 5.82 Å². The van der Waals surface area contributed by atoms with Crippen molar-refractivity contribution in [3.63, 3.8) is 0 Å². The third kappa shape index (κ3) is 4.01. The molecule has 0 radical (unpaired) electrons. The van der Waals surface area contributed by atoms with Crippen LogP contribution in [0.15, 0.2) is 39.8 Å². The second kappa shape index (κ2) is 8.14. The largest absolute Gasteiger partial charge is 0.366 e. The van der Waals surface area contributed by atoms with Gasteiger partial charge >= 0.3 is 0 Å². The molecule has 0 N–H and O–H groups in total. The molecule has 8 nitrogen and oxygen atoms in total. The van der Waals surface area contributed by atoms with Crippen molar-refractivity contribution in [2.45, 2.75) is 19.9 Å². The normalized spacial score (nSPS) is 16.2. The van der Waals surface area contributed by atoms with E-state index in [-0.39, 0.29) is 16.6 Å². The molecule has 1 fully saturated rings. The first-order valence-corrected chi connectivity index (χ1v) is 10.0. The van der Waals surface area contributed by atoms with Crippen LogP contribution in [0.3, 0.4) is 0 Å². The van der Waals surface area contributed by atoms with E-state index < -0.39 is 0 Å². The minimum atomic E-state index is -0.358. The zero-order chi connectivity index (χ0) is 20.5. The Morgan fingerprint density at radius 3 is 2.41 bits per heavy atom. The molecule has 1 unspecified atom stereocenters. The Morgan fingerprint density at radius 2 is 1.79 bits per heavy atom. The first-order chi connectivity index (χ1) is 13.9. The molecule has 152 valence electrons. The van der Waals surface area contributed by atoms with Crippen LogP contribution in [0.4, 0.5) is 5.69 Å². The smallest absolute Gasteiger partial charge is 0.292 e. The Bertz CT molecular complexity index is 1060. The molecule has 1 saturated heterocycles. The highest BCUT2D eigenvalue weighted by molar-refractivity contribution is 6.33.